The fourth-order valence-corrected chi connectivity index (χ4v) is 3.01. The van der Waals surface area contributed by atoms with Gasteiger partial charge in [-0.25, -0.2) is 8.42 Å². The first-order valence-electron chi connectivity index (χ1n) is 6.76. The molecule has 1 unspecified atom stereocenters. The highest BCUT2D eigenvalue weighted by Crippen LogP contribution is 2.38. The maximum Gasteiger partial charge on any atom is 0.418 e. The Hall–Kier alpha value is -1.32. The smallest absolute Gasteiger partial charge is 0.397 e. The van der Waals surface area contributed by atoms with Crippen LogP contribution in [0.3, 0.4) is 0 Å². The van der Waals surface area contributed by atoms with Crippen molar-refractivity contribution >= 4 is 15.5 Å². The van der Waals surface area contributed by atoms with Crippen LogP contribution in [0.5, 0.6) is 0 Å². The summed E-state index contributed by atoms with van der Waals surface area (Å²) in [5.74, 6) is 0. The standard InChI is InChI=1S/C14H21F3N2O3S/c1-13(2,3)19-10(7-20)8-5-9(14(15,16)17)12(18)11(6-8)23(4,21)22/h5-6,10,19-20H,7,18H2,1-4H3. The number of hydrogen-bond donors (Lipinski definition) is 3. The normalized spacial score (nSPS) is 14.8. The Labute approximate surface area is 133 Å². The highest BCUT2D eigenvalue weighted by atomic mass is 32.2. The van der Waals surface area contributed by atoms with Gasteiger partial charge in [0.15, 0.2) is 9.84 Å². The van der Waals surface area contributed by atoms with Gasteiger partial charge in [0.1, 0.15) is 0 Å². The molecule has 0 aliphatic heterocycles. The first-order valence-corrected chi connectivity index (χ1v) is 8.65. The molecule has 5 nitrogen and oxygen atoms in total. The predicted octanol–water partition coefficient (Wildman–Crippen LogP) is 2.11. The SMILES string of the molecule is CC(C)(C)NC(CO)c1cc(C(F)(F)F)c(N)c(S(C)(=O)=O)c1. The topological polar surface area (TPSA) is 92.4 Å². The van der Waals surface area contributed by atoms with E-state index in [0.29, 0.717) is 0 Å². The number of nitrogen functional groups attached to an aromatic ring is 1. The van der Waals surface area contributed by atoms with Gasteiger partial charge < -0.3 is 16.2 Å². The van der Waals surface area contributed by atoms with E-state index in [2.05, 4.69) is 5.32 Å². The Bertz CT molecular complexity index is 680. The van der Waals surface area contributed by atoms with Crippen LogP contribution in [0.4, 0.5) is 18.9 Å². The molecule has 0 fully saturated rings. The number of sulfone groups is 1. The molecular weight excluding hydrogens is 333 g/mol. The Balaban J connectivity index is 3.61. The molecular formula is C14H21F3N2O3S. The molecule has 0 saturated heterocycles. The molecule has 132 valence electrons. The zero-order valence-corrected chi connectivity index (χ0v) is 14.1. The molecule has 0 bridgehead atoms. The van der Waals surface area contributed by atoms with Crippen LogP contribution in [0.2, 0.25) is 0 Å². The monoisotopic (exact) mass is 354 g/mol. The molecule has 0 aromatic heterocycles. The summed E-state index contributed by atoms with van der Waals surface area (Å²) in [5, 5.41) is 12.4. The lowest BCUT2D eigenvalue weighted by atomic mass is 9.99. The van der Waals surface area contributed by atoms with Crippen molar-refractivity contribution in [2.75, 3.05) is 18.6 Å². The van der Waals surface area contributed by atoms with Crippen molar-refractivity contribution in [1.29, 1.82) is 0 Å². The van der Waals surface area contributed by atoms with Crippen molar-refractivity contribution < 1.29 is 26.7 Å². The second-order valence-electron chi connectivity index (χ2n) is 6.38. The average molecular weight is 354 g/mol. The van der Waals surface area contributed by atoms with Crippen LogP contribution in [0, 0.1) is 0 Å². The molecule has 0 aliphatic rings. The minimum absolute atomic E-state index is 0.00405. The zero-order chi connectivity index (χ0) is 18.2. The largest absolute Gasteiger partial charge is 0.418 e. The fraction of sp³-hybridized carbons (Fsp3) is 0.571. The second-order valence-corrected chi connectivity index (χ2v) is 8.36. The molecule has 9 heteroatoms. The fourth-order valence-electron chi connectivity index (χ4n) is 2.15. The quantitative estimate of drug-likeness (QED) is 0.720. The summed E-state index contributed by atoms with van der Waals surface area (Å²) in [7, 11) is -3.96. The molecule has 0 saturated carbocycles. The van der Waals surface area contributed by atoms with Crippen LogP contribution in [0.1, 0.15) is 37.9 Å². The maximum absolute atomic E-state index is 13.1. The van der Waals surface area contributed by atoms with Crippen LogP contribution in [-0.4, -0.2) is 31.9 Å². The minimum Gasteiger partial charge on any atom is -0.397 e. The van der Waals surface area contributed by atoms with Crippen molar-refractivity contribution in [3.63, 3.8) is 0 Å². The molecule has 1 aromatic carbocycles. The van der Waals surface area contributed by atoms with E-state index in [1.807, 2.05) is 0 Å². The highest BCUT2D eigenvalue weighted by molar-refractivity contribution is 7.90. The lowest BCUT2D eigenvalue weighted by molar-refractivity contribution is -0.137. The number of benzene rings is 1. The third kappa shape index (κ3) is 5.08. The summed E-state index contributed by atoms with van der Waals surface area (Å²) in [6, 6.07) is 0.973. The molecule has 0 radical (unpaired) electrons. The number of rotatable bonds is 4. The number of nitrogens with two attached hydrogens (primary N) is 1. The molecule has 4 N–H and O–H groups in total. The van der Waals surface area contributed by atoms with Crippen LogP contribution in [0.15, 0.2) is 17.0 Å². The zero-order valence-electron chi connectivity index (χ0n) is 13.3. The Kier molecular flexibility index (Phi) is 5.40. The van der Waals surface area contributed by atoms with E-state index >= 15 is 0 Å². The summed E-state index contributed by atoms with van der Waals surface area (Å²) in [4.78, 5) is -0.600. The molecule has 23 heavy (non-hydrogen) atoms. The summed E-state index contributed by atoms with van der Waals surface area (Å²) < 4.78 is 62.9. The minimum atomic E-state index is -4.80. The third-order valence-electron chi connectivity index (χ3n) is 3.06. The average Bonchev–Trinajstić information content (AvgIpc) is 2.32. The van der Waals surface area contributed by atoms with Gasteiger partial charge in [-0.2, -0.15) is 13.2 Å². The molecule has 0 heterocycles. The number of nitrogens with one attached hydrogen (secondary N) is 1. The highest BCUT2D eigenvalue weighted by Gasteiger charge is 2.36. The number of anilines is 1. The van der Waals surface area contributed by atoms with E-state index < -0.39 is 50.3 Å². The molecule has 1 rings (SSSR count). The van der Waals surface area contributed by atoms with Crippen molar-refractivity contribution in [2.45, 2.75) is 43.4 Å². The van der Waals surface area contributed by atoms with Crippen LogP contribution >= 0.6 is 0 Å². The molecule has 1 atom stereocenters. The van der Waals surface area contributed by atoms with E-state index in [1.54, 1.807) is 20.8 Å². The summed E-state index contributed by atoms with van der Waals surface area (Å²) in [5.41, 5.74) is 2.85. The van der Waals surface area contributed by atoms with Crippen LogP contribution < -0.4 is 11.1 Å². The predicted molar refractivity (Wildman–Crippen MR) is 81.7 cm³/mol. The van der Waals surface area contributed by atoms with Crippen molar-refractivity contribution in [3.05, 3.63) is 23.3 Å². The van der Waals surface area contributed by atoms with Crippen molar-refractivity contribution in [3.8, 4) is 0 Å². The van der Waals surface area contributed by atoms with E-state index in [4.69, 9.17) is 5.73 Å². The van der Waals surface area contributed by atoms with Gasteiger partial charge >= 0.3 is 6.18 Å². The second kappa shape index (κ2) is 6.29. The number of halogens is 3. The molecule has 0 spiro atoms. The molecule has 0 amide bonds. The van der Waals surface area contributed by atoms with Gasteiger partial charge in [0.05, 0.1) is 28.8 Å². The Morgan fingerprint density at radius 2 is 1.78 bits per heavy atom. The van der Waals surface area contributed by atoms with Gasteiger partial charge in [-0.1, -0.05) is 0 Å². The van der Waals surface area contributed by atoms with Crippen molar-refractivity contribution in [1.82, 2.24) is 5.32 Å². The third-order valence-corrected chi connectivity index (χ3v) is 4.20. The maximum atomic E-state index is 13.1. The van der Waals surface area contributed by atoms with Crippen molar-refractivity contribution in [2.24, 2.45) is 0 Å². The van der Waals surface area contributed by atoms with Gasteiger partial charge in [-0.05, 0) is 38.5 Å². The summed E-state index contributed by atoms with van der Waals surface area (Å²) in [6.07, 6.45) is -4.02. The van der Waals surface area contributed by atoms with Crippen LogP contribution in [0.25, 0.3) is 0 Å². The number of aliphatic hydroxyl groups is 1. The van der Waals surface area contributed by atoms with Gasteiger partial charge in [-0.15, -0.1) is 0 Å². The van der Waals surface area contributed by atoms with E-state index in [0.717, 1.165) is 18.4 Å². The molecule has 0 aliphatic carbocycles. The van der Waals surface area contributed by atoms with E-state index in [-0.39, 0.29) is 5.56 Å². The van der Waals surface area contributed by atoms with Gasteiger partial charge in [0, 0.05) is 11.8 Å². The first kappa shape index (κ1) is 19.7. The van der Waals surface area contributed by atoms with Gasteiger partial charge in [0.2, 0.25) is 0 Å². The van der Waals surface area contributed by atoms with Crippen LogP contribution in [-0.2, 0) is 16.0 Å². The number of alkyl halides is 3. The lowest BCUT2D eigenvalue weighted by Crippen LogP contribution is -2.40. The lowest BCUT2D eigenvalue weighted by Gasteiger charge is -2.28. The van der Waals surface area contributed by atoms with E-state index in [1.165, 1.54) is 0 Å². The Morgan fingerprint density at radius 3 is 2.13 bits per heavy atom. The number of aliphatic hydroxyl groups excluding tert-OH is 1. The summed E-state index contributed by atoms with van der Waals surface area (Å²) >= 11 is 0. The van der Waals surface area contributed by atoms with Gasteiger partial charge in [0.25, 0.3) is 0 Å². The number of hydrogen-bond acceptors (Lipinski definition) is 5. The Morgan fingerprint density at radius 1 is 1.26 bits per heavy atom. The summed E-state index contributed by atoms with van der Waals surface area (Å²) in [6.45, 7) is 4.82. The van der Waals surface area contributed by atoms with E-state index in [9.17, 15) is 26.7 Å². The first-order chi connectivity index (χ1) is 10.2. The molecule has 1 aromatic rings. The van der Waals surface area contributed by atoms with Gasteiger partial charge in [-0.3, -0.25) is 0 Å².